The molecule has 30 heavy (non-hydrogen) atoms. The molecule has 0 saturated heterocycles. The van der Waals surface area contributed by atoms with Crippen LogP contribution in [0.15, 0.2) is 0 Å². The Labute approximate surface area is 175 Å². The average Bonchev–Trinajstić information content (AvgIpc) is 3.06. The van der Waals surface area contributed by atoms with Gasteiger partial charge in [-0.1, -0.05) is 0 Å². The summed E-state index contributed by atoms with van der Waals surface area (Å²) in [6.45, 7) is 8.11. The third-order valence-electron chi connectivity index (χ3n) is 6.70. The highest BCUT2D eigenvalue weighted by atomic mass is 16.5. The van der Waals surface area contributed by atoms with Gasteiger partial charge >= 0.3 is 5.97 Å². The normalized spacial score (nSPS) is 20.4. The number of fused-ring (bicyclic) bond motifs is 2. The Bertz CT molecular complexity index is 1090. The van der Waals surface area contributed by atoms with Crippen molar-refractivity contribution in [2.75, 3.05) is 6.54 Å². The van der Waals surface area contributed by atoms with Gasteiger partial charge in [0, 0.05) is 43.3 Å². The number of hydrogen-bond donors (Lipinski definition) is 2. The van der Waals surface area contributed by atoms with Crippen molar-refractivity contribution in [1.29, 1.82) is 0 Å². The minimum absolute atomic E-state index is 0.00244. The smallest absolute Gasteiger partial charge is 0.356 e. The number of aryl methyl sites for hydroxylation is 1. The monoisotopic (exact) mass is 413 g/mol. The Balaban J connectivity index is 1.65. The van der Waals surface area contributed by atoms with E-state index >= 15 is 0 Å². The largest absolute Gasteiger partial charge is 0.507 e. The molecule has 1 unspecified atom stereocenters. The quantitative estimate of drug-likeness (QED) is 0.783. The lowest BCUT2D eigenvalue weighted by atomic mass is 9.86. The molecule has 2 aromatic rings. The molecule has 4 rings (SSSR count). The third-order valence-corrected chi connectivity index (χ3v) is 6.70. The van der Waals surface area contributed by atoms with Gasteiger partial charge in [-0.25, -0.2) is 4.79 Å². The van der Waals surface area contributed by atoms with Crippen molar-refractivity contribution < 1.29 is 24.5 Å². The predicted molar refractivity (Wildman–Crippen MR) is 109 cm³/mol. The molecule has 8 nitrogen and oxygen atoms in total. The Hall–Kier alpha value is -3.03. The average molecular weight is 413 g/mol. The summed E-state index contributed by atoms with van der Waals surface area (Å²) in [5.41, 5.74) is 3.75. The van der Waals surface area contributed by atoms with Gasteiger partial charge < -0.3 is 19.8 Å². The lowest BCUT2D eigenvalue weighted by molar-refractivity contribution is -0.149. The number of carbonyl (C=O) groups is 2. The number of carboxylic acid groups (broad SMARTS) is 1. The first-order chi connectivity index (χ1) is 14.0. The van der Waals surface area contributed by atoms with Gasteiger partial charge in [-0.05, 0) is 50.8 Å². The van der Waals surface area contributed by atoms with E-state index in [-0.39, 0.29) is 23.9 Å². The van der Waals surface area contributed by atoms with Crippen molar-refractivity contribution in [1.82, 2.24) is 14.7 Å². The Kier molecular flexibility index (Phi) is 4.56. The van der Waals surface area contributed by atoms with Gasteiger partial charge in [-0.3, -0.25) is 9.48 Å². The van der Waals surface area contributed by atoms with Gasteiger partial charge in [0.25, 0.3) is 5.91 Å². The molecule has 1 amide bonds. The second-order valence-electron chi connectivity index (χ2n) is 8.54. The Morgan fingerprint density at radius 2 is 1.80 bits per heavy atom. The van der Waals surface area contributed by atoms with Crippen LogP contribution in [0.1, 0.15) is 57.3 Å². The van der Waals surface area contributed by atoms with Crippen molar-refractivity contribution >= 4 is 11.9 Å². The zero-order valence-electron chi connectivity index (χ0n) is 18.0. The fraction of sp³-hybridized carbons (Fsp3) is 0.500. The summed E-state index contributed by atoms with van der Waals surface area (Å²) in [4.78, 5) is 26.8. The van der Waals surface area contributed by atoms with Crippen LogP contribution < -0.4 is 4.74 Å². The summed E-state index contributed by atoms with van der Waals surface area (Å²) < 4.78 is 7.91. The van der Waals surface area contributed by atoms with Crippen molar-refractivity contribution in [2.24, 2.45) is 7.05 Å². The maximum atomic E-state index is 13.5. The van der Waals surface area contributed by atoms with Crippen LogP contribution in [0.4, 0.5) is 0 Å². The summed E-state index contributed by atoms with van der Waals surface area (Å²) in [5.74, 6) is -0.278. The second-order valence-corrected chi connectivity index (χ2v) is 8.54. The molecule has 160 valence electrons. The van der Waals surface area contributed by atoms with E-state index in [1.807, 2.05) is 20.8 Å². The molecule has 1 aromatic carbocycles. The van der Waals surface area contributed by atoms with Gasteiger partial charge in [0.2, 0.25) is 0 Å². The Morgan fingerprint density at radius 3 is 2.47 bits per heavy atom. The standard InChI is InChI=1S/C22H27N3O5/c1-11-12(2)19-14(13(3)18(11)26)6-8-22(4,30-19)21(29)25-9-7-16-15(10-25)17(20(27)28)23-24(16)5/h26H,6-10H2,1-5H3,(H,27,28). The van der Waals surface area contributed by atoms with Gasteiger partial charge in [-0.15, -0.1) is 0 Å². The number of carboxylic acids is 1. The summed E-state index contributed by atoms with van der Waals surface area (Å²) in [6.07, 6.45) is 1.67. The fourth-order valence-corrected chi connectivity index (χ4v) is 4.67. The molecule has 3 heterocycles. The highest BCUT2D eigenvalue weighted by Crippen LogP contribution is 2.44. The number of rotatable bonds is 2. The number of aromatic hydroxyl groups is 1. The topological polar surface area (TPSA) is 105 Å². The van der Waals surface area contributed by atoms with E-state index in [4.69, 9.17) is 4.74 Å². The second kappa shape index (κ2) is 6.75. The molecule has 1 atom stereocenters. The number of nitrogens with zero attached hydrogens (tertiary/aromatic N) is 3. The van der Waals surface area contributed by atoms with Crippen LogP contribution >= 0.6 is 0 Å². The maximum Gasteiger partial charge on any atom is 0.356 e. The zero-order chi connectivity index (χ0) is 22.0. The van der Waals surface area contributed by atoms with Gasteiger partial charge in [0.15, 0.2) is 11.3 Å². The van der Waals surface area contributed by atoms with Crippen molar-refractivity contribution in [3.8, 4) is 11.5 Å². The van der Waals surface area contributed by atoms with Crippen LogP contribution in [-0.4, -0.2) is 48.9 Å². The van der Waals surface area contributed by atoms with E-state index < -0.39 is 11.6 Å². The van der Waals surface area contributed by atoms with Crippen molar-refractivity contribution in [3.05, 3.63) is 39.2 Å². The minimum atomic E-state index is -1.09. The molecule has 0 radical (unpaired) electrons. The van der Waals surface area contributed by atoms with Crippen LogP contribution in [0.5, 0.6) is 11.5 Å². The van der Waals surface area contributed by atoms with Gasteiger partial charge in [0.1, 0.15) is 11.5 Å². The number of hydrogen-bond acceptors (Lipinski definition) is 5. The summed E-state index contributed by atoms with van der Waals surface area (Å²) >= 11 is 0. The molecule has 0 saturated carbocycles. The summed E-state index contributed by atoms with van der Waals surface area (Å²) in [6, 6.07) is 0. The number of benzene rings is 1. The molecule has 0 fully saturated rings. The van der Waals surface area contributed by atoms with E-state index in [0.717, 1.165) is 27.9 Å². The predicted octanol–water partition coefficient (Wildman–Crippen LogP) is 2.42. The number of aromatic carboxylic acids is 1. The molecule has 2 N–H and O–H groups in total. The number of aromatic nitrogens is 2. The van der Waals surface area contributed by atoms with E-state index in [1.165, 1.54) is 0 Å². The van der Waals surface area contributed by atoms with Gasteiger partial charge in [-0.2, -0.15) is 5.10 Å². The first-order valence-corrected chi connectivity index (χ1v) is 10.1. The number of amides is 1. The van der Waals surface area contributed by atoms with E-state index in [1.54, 1.807) is 23.6 Å². The van der Waals surface area contributed by atoms with Crippen molar-refractivity contribution in [3.63, 3.8) is 0 Å². The zero-order valence-corrected chi connectivity index (χ0v) is 18.0. The highest BCUT2D eigenvalue weighted by molar-refractivity contribution is 5.89. The lowest BCUT2D eigenvalue weighted by Gasteiger charge is -2.40. The van der Waals surface area contributed by atoms with E-state index in [9.17, 15) is 19.8 Å². The number of phenolic OH excluding ortho intramolecular Hbond substituents is 1. The highest BCUT2D eigenvalue weighted by Gasteiger charge is 2.44. The molecule has 0 aliphatic carbocycles. The molecule has 2 aliphatic heterocycles. The third kappa shape index (κ3) is 2.85. The first-order valence-electron chi connectivity index (χ1n) is 10.1. The Morgan fingerprint density at radius 1 is 1.10 bits per heavy atom. The summed E-state index contributed by atoms with van der Waals surface area (Å²) in [7, 11) is 1.73. The van der Waals surface area contributed by atoms with Crippen LogP contribution in [0, 0.1) is 20.8 Å². The molecule has 2 aliphatic rings. The molecule has 8 heteroatoms. The fourth-order valence-electron chi connectivity index (χ4n) is 4.67. The van der Waals surface area contributed by atoms with E-state index in [2.05, 4.69) is 5.10 Å². The van der Waals surface area contributed by atoms with Crippen LogP contribution in [0.25, 0.3) is 0 Å². The van der Waals surface area contributed by atoms with Crippen LogP contribution in [-0.2, 0) is 31.2 Å². The van der Waals surface area contributed by atoms with Crippen LogP contribution in [0.2, 0.25) is 0 Å². The molecule has 0 bridgehead atoms. The van der Waals surface area contributed by atoms with E-state index in [0.29, 0.717) is 37.1 Å². The molecule has 0 spiro atoms. The number of phenols is 1. The van der Waals surface area contributed by atoms with Gasteiger partial charge in [0.05, 0.1) is 6.54 Å². The summed E-state index contributed by atoms with van der Waals surface area (Å²) in [5, 5.41) is 23.9. The lowest BCUT2D eigenvalue weighted by Crippen LogP contribution is -2.53. The molecular weight excluding hydrogens is 386 g/mol. The molecular formula is C22H27N3O5. The number of ether oxygens (including phenoxy) is 1. The first kappa shape index (κ1) is 20.3. The minimum Gasteiger partial charge on any atom is -0.507 e. The maximum absolute atomic E-state index is 13.5. The number of carbonyl (C=O) groups excluding carboxylic acids is 1. The van der Waals surface area contributed by atoms with Crippen LogP contribution in [0.3, 0.4) is 0 Å². The SMILES string of the molecule is Cc1c(C)c2c(c(C)c1O)CCC(C)(C(=O)N1CCc3c(c(C(=O)O)nn3C)C1)O2. The van der Waals surface area contributed by atoms with Crippen molar-refractivity contribution in [2.45, 2.75) is 59.1 Å². The molecule has 1 aromatic heterocycles.